The third kappa shape index (κ3) is 7.60. The van der Waals surface area contributed by atoms with Gasteiger partial charge >= 0.3 is 12.4 Å². The quantitative estimate of drug-likeness (QED) is 0.262. The van der Waals surface area contributed by atoms with E-state index in [1.165, 1.54) is 12.5 Å². The van der Waals surface area contributed by atoms with Gasteiger partial charge in [0.25, 0.3) is 0 Å². The number of nitrogens with one attached hydrogen (secondary N) is 1. The number of halogens is 6. The highest BCUT2D eigenvalue weighted by atomic mass is 19.4. The number of hydrogen-bond acceptors (Lipinski definition) is 3. The van der Waals surface area contributed by atoms with E-state index in [0.29, 0.717) is 25.0 Å². The zero-order valence-electron chi connectivity index (χ0n) is 26.4. The molecule has 3 aromatic rings. The number of nitrogens with zero attached hydrogens (tertiary/aromatic N) is 2. The molecule has 1 atom stereocenters. The van der Waals surface area contributed by atoms with Gasteiger partial charge < -0.3 is 5.32 Å². The predicted molar refractivity (Wildman–Crippen MR) is 166 cm³/mol. The van der Waals surface area contributed by atoms with Gasteiger partial charge in [0.2, 0.25) is 5.91 Å². The number of alkyl halides is 6. The first-order valence-electron chi connectivity index (χ1n) is 15.8. The first kappa shape index (κ1) is 34.0. The molecule has 1 aliphatic heterocycles. The highest BCUT2D eigenvalue weighted by Gasteiger charge is 2.45. The van der Waals surface area contributed by atoms with Crippen LogP contribution in [-0.2, 0) is 29.2 Å². The Morgan fingerprint density at radius 1 is 0.848 bits per heavy atom. The van der Waals surface area contributed by atoms with E-state index in [0.717, 1.165) is 44.6 Å². The van der Waals surface area contributed by atoms with Crippen molar-refractivity contribution < 1.29 is 31.1 Å². The molecule has 3 aromatic carbocycles. The number of carbonyl (C=O) groups is 1. The molecule has 1 amide bonds. The fraction of sp³-hybridized carbons (Fsp3) is 0.472. The van der Waals surface area contributed by atoms with Crippen molar-refractivity contribution in [1.82, 2.24) is 15.1 Å². The van der Waals surface area contributed by atoms with Crippen LogP contribution in [0.25, 0.3) is 0 Å². The second-order valence-electron chi connectivity index (χ2n) is 13.4. The Balaban J connectivity index is 1.33. The lowest BCUT2D eigenvalue weighted by molar-refractivity contribution is -0.143. The van der Waals surface area contributed by atoms with Gasteiger partial charge in [-0.3, -0.25) is 14.6 Å². The van der Waals surface area contributed by atoms with Crippen molar-refractivity contribution in [3.63, 3.8) is 0 Å². The molecule has 1 saturated carbocycles. The van der Waals surface area contributed by atoms with E-state index in [2.05, 4.69) is 53.2 Å². The standard InChI is InChI=1S/C36H41F6N3O/c1-25(27-20-29(35(37,38)39)22-30(21-27)36(40,41)42)32(46)43-34(28-12-8-5-9-13-28)16-14-31(15-17-34)45-19-18-44(24-33(45,2)3)23-26-10-6-4-7-11-26/h4-13,20-22,25,31H,14-19,23-24H2,1-3H3,(H,43,46)/t25-,31?,34?/m0/s1. The highest BCUT2D eigenvalue weighted by molar-refractivity contribution is 5.84. The van der Waals surface area contributed by atoms with Gasteiger partial charge in [-0.2, -0.15) is 26.3 Å². The van der Waals surface area contributed by atoms with Crippen LogP contribution in [0.15, 0.2) is 78.9 Å². The van der Waals surface area contributed by atoms with Crippen LogP contribution >= 0.6 is 0 Å². The van der Waals surface area contributed by atoms with E-state index in [-0.39, 0.29) is 23.2 Å². The van der Waals surface area contributed by atoms with E-state index in [4.69, 9.17) is 0 Å². The van der Waals surface area contributed by atoms with Crippen molar-refractivity contribution in [1.29, 1.82) is 0 Å². The van der Waals surface area contributed by atoms with E-state index in [9.17, 15) is 31.1 Å². The molecule has 46 heavy (non-hydrogen) atoms. The van der Waals surface area contributed by atoms with Crippen molar-refractivity contribution in [2.24, 2.45) is 0 Å². The average Bonchev–Trinajstić information content (AvgIpc) is 3.01. The largest absolute Gasteiger partial charge is 0.416 e. The monoisotopic (exact) mass is 645 g/mol. The Labute approximate surface area is 266 Å². The van der Waals surface area contributed by atoms with Crippen molar-refractivity contribution in [3.8, 4) is 0 Å². The molecule has 4 nitrogen and oxygen atoms in total. The normalized spacial score (nSPS) is 23.5. The first-order chi connectivity index (χ1) is 21.6. The summed E-state index contributed by atoms with van der Waals surface area (Å²) in [6.07, 6.45) is -7.22. The maximum absolute atomic E-state index is 13.7. The van der Waals surface area contributed by atoms with Crippen LogP contribution in [0.5, 0.6) is 0 Å². The van der Waals surface area contributed by atoms with E-state index in [1.807, 2.05) is 36.4 Å². The fourth-order valence-corrected chi connectivity index (χ4v) is 7.30. The molecule has 1 N–H and O–H groups in total. The molecule has 1 heterocycles. The molecular weight excluding hydrogens is 604 g/mol. The van der Waals surface area contributed by atoms with Gasteiger partial charge in [-0.15, -0.1) is 0 Å². The van der Waals surface area contributed by atoms with Crippen molar-refractivity contribution >= 4 is 5.91 Å². The highest BCUT2D eigenvalue weighted by Crippen LogP contribution is 2.42. The van der Waals surface area contributed by atoms with Crippen molar-refractivity contribution in [2.45, 2.75) is 88.4 Å². The van der Waals surface area contributed by atoms with Crippen LogP contribution in [0.2, 0.25) is 0 Å². The summed E-state index contributed by atoms with van der Waals surface area (Å²) in [5.74, 6) is -1.84. The molecule has 1 saturated heterocycles. The van der Waals surface area contributed by atoms with Crippen LogP contribution in [0, 0.1) is 0 Å². The van der Waals surface area contributed by atoms with Crippen LogP contribution < -0.4 is 5.32 Å². The van der Waals surface area contributed by atoms with Gasteiger partial charge in [-0.05, 0) is 81.3 Å². The second kappa shape index (κ2) is 13.0. The average molecular weight is 646 g/mol. The zero-order valence-corrected chi connectivity index (χ0v) is 26.4. The Bertz CT molecular complexity index is 1450. The van der Waals surface area contributed by atoms with Gasteiger partial charge in [0, 0.05) is 37.8 Å². The molecule has 0 radical (unpaired) electrons. The number of piperazine rings is 1. The number of benzene rings is 3. The van der Waals surface area contributed by atoms with Gasteiger partial charge in [0.05, 0.1) is 22.6 Å². The minimum atomic E-state index is -4.99. The number of carbonyl (C=O) groups excluding carboxylic acids is 1. The Morgan fingerprint density at radius 3 is 1.91 bits per heavy atom. The number of hydrogen-bond donors (Lipinski definition) is 1. The third-order valence-electron chi connectivity index (χ3n) is 9.74. The lowest BCUT2D eigenvalue weighted by atomic mass is 9.73. The van der Waals surface area contributed by atoms with Gasteiger partial charge in [-0.1, -0.05) is 60.7 Å². The lowest BCUT2D eigenvalue weighted by Crippen LogP contribution is -2.63. The lowest BCUT2D eigenvalue weighted by Gasteiger charge is -2.53. The zero-order chi connectivity index (χ0) is 33.3. The summed E-state index contributed by atoms with van der Waals surface area (Å²) in [7, 11) is 0. The summed E-state index contributed by atoms with van der Waals surface area (Å²) in [6, 6.07) is 21.5. The molecule has 5 rings (SSSR count). The smallest absolute Gasteiger partial charge is 0.346 e. The summed E-state index contributed by atoms with van der Waals surface area (Å²) >= 11 is 0. The maximum Gasteiger partial charge on any atom is 0.416 e. The molecule has 10 heteroatoms. The van der Waals surface area contributed by atoms with Crippen molar-refractivity contribution in [3.05, 3.63) is 107 Å². The molecular formula is C36H41F6N3O. The Hall–Kier alpha value is -3.37. The summed E-state index contributed by atoms with van der Waals surface area (Å²) < 4.78 is 81.3. The van der Waals surface area contributed by atoms with Crippen LogP contribution in [0.4, 0.5) is 26.3 Å². The predicted octanol–water partition coefficient (Wildman–Crippen LogP) is 8.38. The topological polar surface area (TPSA) is 35.6 Å². The SMILES string of the molecule is C[C@H](C(=O)NC1(c2ccccc2)CCC(N2CCN(Cc3ccccc3)CC2(C)C)CC1)c1cc(C(F)(F)F)cc(C(F)(F)F)c1. The van der Waals surface area contributed by atoms with E-state index < -0.39 is 40.8 Å². The molecule has 1 aliphatic carbocycles. The van der Waals surface area contributed by atoms with E-state index in [1.54, 1.807) is 0 Å². The number of amides is 1. The molecule has 0 spiro atoms. The summed E-state index contributed by atoms with van der Waals surface area (Å²) in [4.78, 5) is 18.7. The van der Waals surface area contributed by atoms with Crippen LogP contribution in [-0.4, -0.2) is 46.9 Å². The minimum absolute atomic E-state index is 0.0815. The van der Waals surface area contributed by atoms with Gasteiger partial charge in [0.1, 0.15) is 0 Å². The Morgan fingerprint density at radius 2 is 1.39 bits per heavy atom. The summed E-state index contributed by atoms with van der Waals surface area (Å²) in [6.45, 7) is 9.52. The van der Waals surface area contributed by atoms with Crippen LogP contribution in [0.1, 0.15) is 80.2 Å². The molecule has 2 fully saturated rings. The van der Waals surface area contributed by atoms with Crippen LogP contribution in [0.3, 0.4) is 0 Å². The molecule has 0 unspecified atom stereocenters. The van der Waals surface area contributed by atoms with Gasteiger partial charge in [-0.25, -0.2) is 0 Å². The summed E-state index contributed by atoms with van der Waals surface area (Å²) in [5.41, 5.74) is -1.91. The maximum atomic E-state index is 13.7. The minimum Gasteiger partial charge on any atom is -0.346 e. The second-order valence-corrected chi connectivity index (χ2v) is 13.4. The third-order valence-corrected chi connectivity index (χ3v) is 9.74. The summed E-state index contributed by atoms with van der Waals surface area (Å²) in [5, 5.41) is 3.11. The molecule has 0 bridgehead atoms. The first-order valence-corrected chi connectivity index (χ1v) is 15.8. The molecule has 2 aliphatic rings. The fourth-order valence-electron chi connectivity index (χ4n) is 7.30. The van der Waals surface area contributed by atoms with Gasteiger partial charge in [0.15, 0.2) is 0 Å². The van der Waals surface area contributed by atoms with E-state index >= 15 is 0 Å². The number of rotatable bonds is 7. The molecule has 248 valence electrons. The Kier molecular flexibility index (Phi) is 9.62. The molecule has 0 aromatic heterocycles. The van der Waals surface area contributed by atoms with Crippen molar-refractivity contribution in [2.75, 3.05) is 19.6 Å².